The van der Waals surface area contributed by atoms with Crippen LogP contribution in [0.2, 0.25) is 0 Å². The smallest absolute Gasteiger partial charge is 0.245 e. The maximum Gasteiger partial charge on any atom is 0.245 e. The van der Waals surface area contributed by atoms with Gasteiger partial charge in [-0.3, -0.25) is 0 Å². The third kappa shape index (κ3) is 2.37. The van der Waals surface area contributed by atoms with Crippen molar-refractivity contribution in [2.24, 2.45) is 0 Å². The minimum Gasteiger partial charge on any atom is -0.398 e. The molecular formula is C13H20N2O2S. The lowest BCUT2D eigenvalue weighted by Crippen LogP contribution is -2.43. The van der Waals surface area contributed by atoms with E-state index < -0.39 is 10.0 Å². The van der Waals surface area contributed by atoms with Crippen molar-refractivity contribution in [1.29, 1.82) is 0 Å². The van der Waals surface area contributed by atoms with Crippen molar-refractivity contribution in [3.05, 3.63) is 24.3 Å². The lowest BCUT2D eigenvalue weighted by Gasteiger charge is -2.34. The highest BCUT2D eigenvalue weighted by Gasteiger charge is 2.33. The second kappa shape index (κ2) is 5.28. The number of hydrogen-bond acceptors (Lipinski definition) is 3. The number of benzene rings is 1. The largest absolute Gasteiger partial charge is 0.398 e. The molecule has 1 heterocycles. The molecule has 0 unspecified atom stereocenters. The second-order valence-electron chi connectivity index (χ2n) is 4.71. The number of para-hydroxylation sites is 1. The van der Waals surface area contributed by atoms with Crippen LogP contribution in [0.25, 0.3) is 0 Å². The quantitative estimate of drug-likeness (QED) is 0.855. The van der Waals surface area contributed by atoms with E-state index in [0.717, 1.165) is 25.7 Å². The maximum absolute atomic E-state index is 12.6. The lowest BCUT2D eigenvalue weighted by atomic mass is 10.0. The van der Waals surface area contributed by atoms with Crippen molar-refractivity contribution in [1.82, 2.24) is 4.31 Å². The van der Waals surface area contributed by atoms with Crippen LogP contribution in [0, 0.1) is 0 Å². The zero-order valence-corrected chi connectivity index (χ0v) is 11.5. The molecule has 18 heavy (non-hydrogen) atoms. The summed E-state index contributed by atoms with van der Waals surface area (Å²) in [6, 6.07) is 6.81. The van der Waals surface area contributed by atoms with E-state index in [2.05, 4.69) is 0 Å². The van der Waals surface area contributed by atoms with Crippen molar-refractivity contribution in [3.63, 3.8) is 0 Å². The number of nitrogen functional groups attached to an aromatic ring is 1. The first-order valence-electron chi connectivity index (χ1n) is 6.43. The van der Waals surface area contributed by atoms with E-state index >= 15 is 0 Å². The SMILES string of the molecule is CC[C@@H]1CCCCN1S(=O)(=O)c1ccccc1N. The Balaban J connectivity index is 2.39. The number of sulfonamides is 1. The summed E-state index contributed by atoms with van der Waals surface area (Å²) in [6.45, 7) is 2.64. The van der Waals surface area contributed by atoms with E-state index in [1.165, 1.54) is 0 Å². The predicted octanol–water partition coefficient (Wildman–Crippen LogP) is 2.22. The van der Waals surface area contributed by atoms with Crippen molar-refractivity contribution in [2.45, 2.75) is 43.5 Å². The molecule has 2 N–H and O–H groups in total. The van der Waals surface area contributed by atoms with Crippen molar-refractivity contribution in [3.8, 4) is 0 Å². The van der Waals surface area contributed by atoms with E-state index in [1.807, 2.05) is 6.92 Å². The van der Waals surface area contributed by atoms with Crippen LogP contribution < -0.4 is 5.73 Å². The monoisotopic (exact) mass is 268 g/mol. The van der Waals surface area contributed by atoms with E-state index in [1.54, 1.807) is 28.6 Å². The second-order valence-corrected chi connectivity index (χ2v) is 6.57. The van der Waals surface area contributed by atoms with Crippen molar-refractivity contribution >= 4 is 15.7 Å². The average molecular weight is 268 g/mol. The Hall–Kier alpha value is -1.07. The molecule has 100 valence electrons. The van der Waals surface area contributed by atoms with Crippen molar-refractivity contribution < 1.29 is 8.42 Å². The van der Waals surface area contributed by atoms with Crippen molar-refractivity contribution in [2.75, 3.05) is 12.3 Å². The van der Waals surface area contributed by atoms with Gasteiger partial charge in [-0.15, -0.1) is 0 Å². The number of nitrogens with zero attached hydrogens (tertiary/aromatic N) is 1. The van der Waals surface area contributed by atoms with Gasteiger partial charge in [0.05, 0.1) is 5.69 Å². The number of piperidine rings is 1. The first kappa shape index (κ1) is 13.4. The fraction of sp³-hybridized carbons (Fsp3) is 0.538. The highest BCUT2D eigenvalue weighted by molar-refractivity contribution is 7.89. The molecule has 2 rings (SSSR count). The van der Waals surface area contributed by atoms with E-state index in [-0.39, 0.29) is 10.9 Å². The molecular weight excluding hydrogens is 248 g/mol. The molecule has 0 aliphatic carbocycles. The van der Waals surface area contributed by atoms with Crippen LogP contribution in [-0.2, 0) is 10.0 Å². The summed E-state index contributed by atoms with van der Waals surface area (Å²) in [5.41, 5.74) is 6.13. The van der Waals surface area contributed by atoms with Crippen LogP contribution in [0.3, 0.4) is 0 Å². The summed E-state index contributed by atoms with van der Waals surface area (Å²) in [4.78, 5) is 0.241. The molecule has 0 saturated carbocycles. The first-order chi connectivity index (χ1) is 8.57. The van der Waals surface area contributed by atoms with Crippen LogP contribution in [-0.4, -0.2) is 25.3 Å². The summed E-state index contributed by atoms with van der Waals surface area (Å²) >= 11 is 0. The van der Waals surface area contributed by atoms with Crippen LogP contribution in [0.4, 0.5) is 5.69 Å². The van der Waals surface area contributed by atoms with Gasteiger partial charge in [-0.1, -0.05) is 25.5 Å². The molecule has 0 aromatic heterocycles. The Morgan fingerprint density at radius 1 is 1.33 bits per heavy atom. The average Bonchev–Trinajstić information content (AvgIpc) is 2.39. The number of anilines is 1. The summed E-state index contributed by atoms with van der Waals surface area (Å²) in [5, 5.41) is 0. The minimum atomic E-state index is -3.45. The topological polar surface area (TPSA) is 63.4 Å². The molecule has 1 aliphatic rings. The molecule has 1 aromatic rings. The van der Waals surface area contributed by atoms with Gasteiger partial charge in [-0.25, -0.2) is 8.42 Å². The summed E-state index contributed by atoms with van der Waals surface area (Å²) in [6.07, 6.45) is 3.84. The summed E-state index contributed by atoms with van der Waals surface area (Å²) in [5.74, 6) is 0. The summed E-state index contributed by atoms with van der Waals surface area (Å²) < 4.78 is 26.9. The van der Waals surface area contributed by atoms with E-state index in [4.69, 9.17) is 5.73 Å². The first-order valence-corrected chi connectivity index (χ1v) is 7.87. The fourth-order valence-electron chi connectivity index (χ4n) is 2.54. The van der Waals surface area contributed by atoms with Gasteiger partial charge in [0, 0.05) is 12.6 Å². The summed E-state index contributed by atoms with van der Waals surface area (Å²) in [7, 11) is -3.45. The Morgan fingerprint density at radius 2 is 2.06 bits per heavy atom. The number of nitrogens with two attached hydrogens (primary N) is 1. The number of hydrogen-bond donors (Lipinski definition) is 1. The molecule has 1 fully saturated rings. The van der Waals surface area contributed by atoms with Gasteiger partial charge in [0.25, 0.3) is 0 Å². The normalized spacial score (nSPS) is 21.9. The van der Waals surface area contributed by atoms with Gasteiger partial charge in [0.2, 0.25) is 10.0 Å². The van der Waals surface area contributed by atoms with Gasteiger partial charge in [-0.2, -0.15) is 4.31 Å². The van der Waals surface area contributed by atoms with Gasteiger partial charge in [0.15, 0.2) is 0 Å². The molecule has 1 aromatic carbocycles. The number of rotatable bonds is 3. The van der Waals surface area contributed by atoms with Gasteiger partial charge >= 0.3 is 0 Å². The molecule has 4 nitrogen and oxygen atoms in total. The predicted molar refractivity (Wildman–Crippen MR) is 72.7 cm³/mol. The van der Waals surface area contributed by atoms with Gasteiger partial charge in [-0.05, 0) is 31.4 Å². The minimum absolute atomic E-state index is 0.114. The van der Waals surface area contributed by atoms with Crippen LogP contribution in [0.5, 0.6) is 0 Å². The molecule has 0 bridgehead atoms. The standard InChI is InChI=1S/C13H20N2O2S/c1-2-11-7-5-6-10-15(11)18(16,17)13-9-4-3-8-12(13)14/h3-4,8-9,11H,2,5-7,10,14H2,1H3/t11-/m1/s1. The molecule has 1 saturated heterocycles. The van der Waals surface area contributed by atoms with E-state index in [9.17, 15) is 8.42 Å². The Bertz CT molecular complexity index is 513. The maximum atomic E-state index is 12.6. The molecule has 0 spiro atoms. The Morgan fingerprint density at radius 3 is 2.72 bits per heavy atom. The van der Waals surface area contributed by atoms with Gasteiger partial charge in [0.1, 0.15) is 4.90 Å². The highest BCUT2D eigenvalue weighted by atomic mass is 32.2. The zero-order valence-electron chi connectivity index (χ0n) is 10.7. The third-order valence-corrected chi connectivity index (χ3v) is 5.58. The Labute approximate surface area is 109 Å². The molecule has 0 amide bonds. The molecule has 1 atom stereocenters. The molecule has 1 aliphatic heterocycles. The Kier molecular flexibility index (Phi) is 3.92. The van der Waals surface area contributed by atoms with Crippen LogP contribution in [0.1, 0.15) is 32.6 Å². The highest BCUT2D eigenvalue weighted by Crippen LogP contribution is 2.29. The fourth-order valence-corrected chi connectivity index (χ4v) is 4.43. The van der Waals surface area contributed by atoms with Gasteiger partial charge < -0.3 is 5.73 Å². The zero-order chi connectivity index (χ0) is 13.2. The van der Waals surface area contributed by atoms with Crippen LogP contribution in [0.15, 0.2) is 29.2 Å². The third-order valence-electron chi connectivity index (χ3n) is 3.55. The lowest BCUT2D eigenvalue weighted by molar-refractivity contribution is 0.247. The molecule has 5 heteroatoms. The van der Waals surface area contributed by atoms with Crippen LogP contribution >= 0.6 is 0 Å². The van der Waals surface area contributed by atoms with E-state index in [0.29, 0.717) is 12.2 Å². The molecule has 0 radical (unpaired) electrons.